The number of fused-ring (bicyclic) bond motifs is 2. The average Bonchev–Trinajstić information content (AvgIpc) is 2.95. The van der Waals surface area contributed by atoms with Gasteiger partial charge in [-0.1, -0.05) is 36.4 Å². The molecule has 0 aliphatic carbocycles. The predicted molar refractivity (Wildman–Crippen MR) is 139 cm³/mol. The summed E-state index contributed by atoms with van der Waals surface area (Å²) in [5.41, 5.74) is -1.41. The third-order valence-corrected chi connectivity index (χ3v) is 6.07. The largest absolute Gasteiger partial charge is 0.486 e. The first kappa shape index (κ1) is 27.6. The lowest BCUT2D eigenvalue weighted by molar-refractivity contribution is -0.152. The highest BCUT2D eigenvalue weighted by Gasteiger charge is 2.39. The van der Waals surface area contributed by atoms with Gasteiger partial charge in [-0.15, -0.1) is 0 Å². The molecule has 0 saturated heterocycles. The van der Waals surface area contributed by atoms with Crippen molar-refractivity contribution in [2.24, 2.45) is 0 Å². The molecule has 0 radical (unpaired) electrons. The minimum absolute atomic E-state index is 0.0199. The topological polar surface area (TPSA) is 113 Å². The van der Waals surface area contributed by atoms with Gasteiger partial charge in [0, 0.05) is 6.07 Å². The number of nitrogens with one attached hydrogen (secondary N) is 1. The Kier molecular flexibility index (Phi) is 7.56. The zero-order valence-electron chi connectivity index (χ0n) is 21.4. The second-order valence-corrected chi connectivity index (χ2v) is 9.00. The number of halogens is 3. The van der Waals surface area contributed by atoms with Gasteiger partial charge in [-0.2, -0.15) is 13.2 Å². The first-order chi connectivity index (χ1) is 19.6. The molecule has 1 N–H and O–H groups in total. The number of amides is 1. The van der Waals surface area contributed by atoms with Gasteiger partial charge >= 0.3 is 18.2 Å². The van der Waals surface area contributed by atoms with E-state index in [0.717, 1.165) is 11.6 Å². The molecule has 1 unspecified atom stereocenters. The lowest BCUT2D eigenvalue weighted by Crippen LogP contribution is -2.41. The Hall–Kier alpha value is -5.00. The molecule has 4 aromatic rings. The molecule has 9 nitrogen and oxygen atoms in total. The highest BCUT2D eigenvalue weighted by molar-refractivity contribution is 5.86. The van der Waals surface area contributed by atoms with Crippen LogP contribution in [0, 0.1) is 0 Å². The van der Waals surface area contributed by atoms with E-state index in [4.69, 9.17) is 23.4 Å². The van der Waals surface area contributed by atoms with Crippen molar-refractivity contribution >= 4 is 23.0 Å². The number of ether oxygens (including phenoxy) is 4. The van der Waals surface area contributed by atoms with Gasteiger partial charge in [-0.25, -0.2) is 9.59 Å². The summed E-state index contributed by atoms with van der Waals surface area (Å²) in [6.07, 6.45) is -5.90. The van der Waals surface area contributed by atoms with Gasteiger partial charge in [0.15, 0.2) is 11.5 Å². The van der Waals surface area contributed by atoms with Crippen LogP contribution in [0.3, 0.4) is 0 Å². The number of carbonyl (C=O) groups excluding carboxylic acids is 2. The first-order valence-electron chi connectivity index (χ1n) is 12.4. The second-order valence-electron chi connectivity index (χ2n) is 9.00. The first-order valence-corrected chi connectivity index (χ1v) is 12.4. The highest BCUT2D eigenvalue weighted by atomic mass is 19.4. The number of esters is 1. The molecule has 0 saturated carbocycles. The number of alkyl halides is 3. The summed E-state index contributed by atoms with van der Waals surface area (Å²) in [6.45, 7) is 1.82. The molecule has 1 aliphatic rings. The van der Waals surface area contributed by atoms with E-state index in [1.54, 1.807) is 24.3 Å². The number of carbonyl (C=O) groups is 2. The van der Waals surface area contributed by atoms with Crippen LogP contribution in [0.25, 0.3) is 22.1 Å². The van der Waals surface area contributed by atoms with Crippen molar-refractivity contribution in [3.63, 3.8) is 0 Å². The van der Waals surface area contributed by atoms with E-state index in [1.807, 2.05) is 6.07 Å². The van der Waals surface area contributed by atoms with E-state index in [9.17, 15) is 27.6 Å². The molecule has 0 spiro atoms. The Labute approximate surface area is 230 Å². The summed E-state index contributed by atoms with van der Waals surface area (Å²) in [4.78, 5) is 37.9. The van der Waals surface area contributed by atoms with Crippen LogP contribution in [-0.4, -0.2) is 31.3 Å². The Morgan fingerprint density at radius 1 is 0.976 bits per heavy atom. The summed E-state index contributed by atoms with van der Waals surface area (Å²) >= 11 is 0. The van der Waals surface area contributed by atoms with Crippen molar-refractivity contribution in [2.75, 3.05) is 13.2 Å². The summed E-state index contributed by atoms with van der Waals surface area (Å²) in [6, 6.07) is 15.2. The molecule has 1 aromatic heterocycles. The van der Waals surface area contributed by atoms with Crippen molar-refractivity contribution in [1.29, 1.82) is 0 Å². The fourth-order valence-electron chi connectivity index (χ4n) is 4.10. The van der Waals surface area contributed by atoms with Crippen molar-refractivity contribution in [1.82, 2.24) is 5.32 Å². The van der Waals surface area contributed by atoms with Gasteiger partial charge in [0.1, 0.15) is 37.2 Å². The number of rotatable bonds is 6. The Morgan fingerprint density at radius 2 is 1.71 bits per heavy atom. The minimum Gasteiger partial charge on any atom is -0.486 e. The van der Waals surface area contributed by atoms with Gasteiger partial charge in [-0.05, 0) is 42.3 Å². The standard InChI is InChI=1S/C29H22F3NO8/c1-16(33-28(36)39-15-17-5-3-2-4-6-17)27(35)40-19-8-9-20-22(14-19)41-26(29(30,31)32)24(25(20)34)18-7-10-21-23(13-18)38-12-11-37-21/h2-10,13-14,16H,11-12,15H2,1H3,(H,33,36). The summed E-state index contributed by atoms with van der Waals surface area (Å²) in [7, 11) is 0. The van der Waals surface area contributed by atoms with Crippen LogP contribution in [0.1, 0.15) is 18.2 Å². The van der Waals surface area contributed by atoms with Crippen LogP contribution in [0.2, 0.25) is 0 Å². The predicted octanol–water partition coefficient (Wildman–Crippen LogP) is 5.47. The second kappa shape index (κ2) is 11.2. The molecule has 212 valence electrons. The average molecular weight is 569 g/mol. The third-order valence-electron chi connectivity index (χ3n) is 6.07. The van der Waals surface area contributed by atoms with Gasteiger partial charge in [0.2, 0.25) is 11.2 Å². The number of hydrogen-bond acceptors (Lipinski definition) is 8. The monoisotopic (exact) mass is 569 g/mol. The summed E-state index contributed by atoms with van der Waals surface area (Å²) < 4.78 is 68.5. The van der Waals surface area contributed by atoms with Crippen LogP contribution in [0.5, 0.6) is 17.2 Å². The van der Waals surface area contributed by atoms with Gasteiger partial charge < -0.3 is 28.7 Å². The molecule has 1 atom stereocenters. The molecule has 2 heterocycles. The normalized spacial score (nSPS) is 13.4. The Bertz CT molecular complexity index is 1670. The number of benzene rings is 3. The van der Waals surface area contributed by atoms with E-state index in [0.29, 0.717) is 12.4 Å². The van der Waals surface area contributed by atoms with Crippen LogP contribution >= 0.6 is 0 Å². The lowest BCUT2D eigenvalue weighted by Gasteiger charge is -2.19. The Morgan fingerprint density at radius 3 is 2.44 bits per heavy atom. The number of alkyl carbamates (subject to hydrolysis) is 1. The molecule has 0 bridgehead atoms. The molecular weight excluding hydrogens is 547 g/mol. The molecule has 12 heteroatoms. The molecular formula is C29H22F3NO8. The molecule has 1 amide bonds. The molecule has 41 heavy (non-hydrogen) atoms. The maximum atomic E-state index is 14.1. The SMILES string of the molecule is CC(NC(=O)OCc1ccccc1)C(=O)Oc1ccc2c(=O)c(-c3ccc4c(c3)OCCO4)c(C(F)(F)F)oc2c1. The van der Waals surface area contributed by atoms with E-state index >= 15 is 0 Å². The van der Waals surface area contributed by atoms with Crippen LogP contribution in [0.4, 0.5) is 18.0 Å². The van der Waals surface area contributed by atoms with E-state index in [-0.39, 0.29) is 35.7 Å². The number of hydrogen-bond donors (Lipinski definition) is 1. The zero-order chi connectivity index (χ0) is 29.1. The van der Waals surface area contributed by atoms with Crippen molar-refractivity contribution < 1.29 is 46.1 Å². The maximum Gasteiger partial charge on any atom is 0.450 e. The fourth-order valence-corrected chi connectivity index (χ4v) is 4.10. The van der Waals surface area contributed by atoms with E-state index in [1.165, 1.54) is 37.3 Å². The van der Waals surface area contributed by atoms with Crippen LogP contribution in [0.15, 0.2) is 75.9 Å². The van der Waals surface area contributed by atoms with Gasteiger partial charge in [-0.3, -0.25) is 4.79 Å². The molecule has 5 rings (SSSR count). The quantitative estimate of drug-likeness (QED) is 0.240. The molecule has 1 aliphatic heterocycles. The van der Waals surface area contributed by atoms with Crippen LogP contribution < -0.4 is 25.0 Å². The smallest absolute Gasteiger partial charge is 0.450 e. The zero-order valence-corrected chi connectivity index (χ0v) is 21.4. The third kappa shape index (κ3) is 6.11. The van der Waals surface area contributed by atoms with E-state index in [2.05, 4.69) is 5.32 Å². The van der Waals surface area contributed by atoms with Gasteiger partial charge in [0.25, 0.3) is 0 Å². The molecule has 3 aromatic carbocycles. The van der Waals surface area contributed by atoms with Crippen molar-refractivity contribution in [2.45, 2.75) is 25.7 Å². The van der Waals surface area contributed by atoms with Gasteiger partial charge in [0.05, 0.1) is 10.9 Å². The van der Waals surface area contributed by atoms with Crippen molar-refractivity contribution in [3.05, 3.63) is 88.3 Å². The summed E-state index contributed by atoms with van der Waals surface area (Å²) in [5.74, 6) is -2.09. The Balaban J connectivity index is 1.37. The fraction of sp³-hybridized carbons (Fsp3) is 0.207. The summed E-state index contributed by atoms with van der Waals surface area (Å²) in [5, 5.41) is 2.15. The molecule has 0 fully saturated rings. The van der Waals surface area contributed by atoms with Crippen molar-refractivity contribution in [3.8, 4) is 28.4 Å². The van der Waals surface area contributed by atoms with E-state index < -0.39 is 46.6 Å². The maximum absolute atomic E-state index is 14.1. The van der Waals surface area contributed by atoms with Crippen LogP contribution in [-0.2, 0) is 22.3 Å². The lowest BCUT2D eigenvalue weighted by atomic mass is 10.0. The minimum atomic E-state index is -5.03. The highest BCUT2D eigenvalue weighted by Crippen LogP contribution is 2.40.